The Hall–Kier alpha value is -0.570. The first-order chi connectivity index (χ1) is 5.52. The topological polar surface area (TPSA) is 52.3 Å². The molecule has 0 aromatic carbocycles. The lowest BCUT2D eigenvalue weighted by Crippen LogP contribution is -2.38. The zero-order valence-electron chi connectivity index (χ0n) is 7.91. The summed E-state index contributed by atoms with van der Waals surface area (Å²) in [7, 11) is 0. The first-order valence-electron chi connectivity index (χ1n) is 4.48. The largest absolute Gasteiger partial charge is 0.460 e. The van der Waals surface area contributed by atoms with Crippen LogP contribution in [0.2, 0.25) is 0 Å². The van der Waals surface area contributed by atoms with Gasteiger partial charge in [0.15, 0.2) is 0 Å². The number of hydrogen-bond donors (Lipinski definition) is 1. The number of esters is 1. The van der Waals surface area contributed by atoms with Crippen LogP contribution in [0.15, 0.2) is 0 Å². The highest BCUT2D eigenvalue weighted by Gasteiger charge is 2.35. The van der Waals surface area contributed by atoms with E-state index in [1.54, 1.807) is 0 Å². The molecule has 0 bridgehead atoms. The predicted octanol–water partition coefficient (Wildman–Crippen LogP) is 0.921. The van der Waals surface area contributed by atoms with Gasteiger partial charge < -0.3 is 10.5 Å². The van der Waals surface area contributed by atoms with Crippen molar-refractivity contribution in [1.29, 1.82) is 0 Å². The van der Waals surface area contributed by atoms with Gasteiger partial charge in [-0.05, 0) is 12.3 Å². The van der Waals surface area contributed by atoms with Crippen molar-refractivity contribution in [2.75, 3.05) is 0 Å². The van der Waals surface area contributed by atoms with Crippen LogP contribution in [0.4, 0.5) is 0 Å². The Kier molecular flexibility index (Phi) is 2.73. The molecule has 0 unspecified atom stereocenters. The number of hydrogen-bond acceptors (Lipinski definition) is 3. The second kappa shape index (κ2) is 3.44. The highest BCUT2D eigenvalue weighted by molar-refractivity contribution is 5.74. The van der Waals surface area contributed by atoms with E-state index in [0.29, 0.717) is 5.92 Å². The summed E-state index contributed by atoms with van der Waals surface area (Å²) in [5, 5.41) is 0. The van der Waals surface area contributed by atoms with Gasteiger partial charge in [0.05, 0.1) is 5.92 Å². The Morgan fingerprint density at radius 1 is 1.58 bits per heavy atom. The van der Waals surface area contributed by atoms with Gasteiger partial charge in [-0.3, -0.25) is 4.79 Å². The molecular formula is C9H17NO2. The van der Waals surface area contributed by atoms with E-state index in [0.717, 1.165) is 6.42 Å². The molecule has 1 saturated heterocycles. The molecule has 1 rings (SSSR count). The third kappa shape index (κ3) is 1.78. The average Bonchev–Trinajstić information content (AvgIpc) is 2.30. The molecule has 1 fully saturated rings. The van der Waals surface area contributed by atoms with Crippen LogP contribution in [0.3, 0.4) is 0 Å². The molecule has 0 aliphatic carbocycles. The van der Waals surface area contributed by atoms with Crippen LogP contribution in [0.25, 0.3) is 0 Å². The molecule has 0 radical (unpaired) electrons. The quantitative estimate of drug-likeness (QED) is 0.628. The van der Waals surface area contributed by atoms with E-state index in [1.165, 1.54) is 0 Å². The summed E-state index contributed by atoms with van der Waals surface area (Å²) < 4.78 is 5.13. The molecule has 1 aliphatic rings. The minimum Gasteiger partial charge on any atom is -0.460 e. The molecule has 0 spiro atoms. The molecule has 2 N–H and O–H groups in total. The minimum atomic E-state index is -0.101. The third-order valence-corrected chi connectivity index (χ3v) is 2.45. The summed E-state index contributed by atoms with van der Waals surface area (Å²) in [5.74, 6) is 0.295. The van der Waals surface area contributed by atoms with Crippen molar-refractivity contribution >= 4 is 5.97 Å². The summed E-state index contributed by atoms with van der Waals surface area (Å²) in [6, 6.07) is -0.0149. The Labute approximate surface area is 73.3 Å². The molecule has 0 saturated carbocycles. The fourth-order valence-electron chi connectivity index (χ4n) is 1.42. The zero-order chi connectivity index (χ0) is 9.30. The van der Waals surface area contributed by atoms with E-state index in [9.17, 15) is 4.79 Å². The van der Waals surface area contributed by atoms with Gasteiger partial charge in [-0.1, -0.05) is 20.8 Å². The molecule has 3 heteroatoms. The van der Waals surface area contributed by atoms with Crippen molar-refractivity contribution in [2.45, 2.75) is 39.3 Å². The van der Waals surface area contributed by atoms with Gasteiger partial charge in [-0.25, -0.2) is 0 Å². The van der Waals surface area contributed by atoms with E-state index in [1.807, 2.05) is 20.8 Å². The molecule has 3 nitrogen and oxygen atoms in total. The number of ether oxygens (including phenoxy) is 1. The van der Waals surface area contributed by atoms with Crippen LogP contribution in [0.5, 0.6) is 0 Å². The van der Waals surface area contributed by atoms with Gasteiger partial charge in [-0.2, -0.15) is 0 Å². The lowest BCUT2D eigenvalue weighted by molar-refractivity contribution is -0.144. The van der Waals surface area contributed by atoms with E-state index in [4.69, 9.17) is 10.5 Å². The van der Waals surface area contributed by atoms with Crippen molar-refractivity contribution in [2.24, 2.45) is 17.6 Å². The molecule has 0 aromatic rings. The Morgan fingerprint density at radius 2 is 2.17 bits per heavy atom. The molecule has 70 valence electrons. The van der Waals surface area contributed by atoms with Crippen LogP contribution in [-0.4, -0.2) is 18.1 Å². The summed E-state index contributed by atoms with van der Waals surface area (Å²) in [4.78, 5) is 11.0. The lowest BCUT2D eigenvalue weighted by atomic mass is 9.95. The van der Waals surface area contributed by atoms with Gasteiger partial charge in [-0.15, -0.1) is 0 Å². The van der Waals surface area contributed by atoms with Gasteiger partial charge in [0.1, 0.15) is 6.10 Å². The van der Waals surface area contributed by atoms with Crippen LogP contribution in [0.1, 0.15) is 27.2 Å². The summed E-state index contributed by atoms with van der Waals surface area (Å²) in [6.07, 6.45) is 0.713. The van der Waals surface area contributed by atoms with Crippen molar-refractivity contribution in [1.82, 2.24) is 0 Å². The standard InChI is InChI=1S/C9H17NO2/c1-5(2)8(10)7-4-6(3)9(11)12-7/h5-8H,4,10H2,1-3H3/t6-,7-,8-/m0/s1. The van der Waals surface area contributed by atoms with E-state index < -0.39 is 0 Å². The van der Waals surface area contributed by atoms with Crippen LogP contribution in [-0.2, 0) is 9.53 Å². The number of cyclic esters (lactones) is 1. The average molecular weight is 171 g/mol. The molecule has 1 aliphatic heterocycles. The molecule has 0 amide bonds. The summed E-state index contributed by atoms with van der Waals surface area (Å²) in [6.45, 7) is 5.97. The van der Waals surface area contributed by atoms with Crippen LogP contribution < -0.4 is 5.73 Å². The molecule has 1 heterocycles. The highest BCUT2D eigenvalue weighted by Crippen LogP contribution is 2.24. The van der Waals surface area contributed by atoms with Gasteiger partial charge in [0.2, 0.25) is 0 Å². The van der Waals surface area contributed by atoms with E-state index >= 15 is 0 Å². The molecule has 3 atom stereocenters. The maximum atomic E-state index is 11.0. The van der Waals surface area contributed by atoms with Crippen molar-refractivity contribution in [3.63, 3.8) is 0 Å². The fraction of sp³-hybridized carbons (Fsp3) is 0.889. The zero-order valence-corrected chi connectivity index (χ0v) is 7.91. The maximum absolute atomic E-state index is 11.0. The molecule has 0 aromatic heterocycles. The molecule has 12 heavy (non-hydrogen) atoms. The number of rotatable bonds is 2. The van der Waals surface area contributed by atoms with E-state index in [-0.39, 0.29) is 24.0 Å². The van der Waals surface area contributed by atoms with Crippen molar-refractivity contribution in [3.05, 3.63) is 0 Å². The first kappa shape index (κ1) is 9.52. The maximum Gasteiger partial charge on any atom is 0.309 e. The summed E-state index contributed by atoms with van der Waals surface area (Å²) in [5.41, 5.74) is 5.87. The first-order valence-corrected chi connectivity index (χ1v) is 4.48. The lowest BCUT2D eigenvalue weighted by Gasteiger charge is -2.21. The number of nitrogens with two attached hydrogens (primary N) is 1. The third-order valence-electron chi connectivity index (χ3n) is 2.45. The second-order valence-corrected chi connectivity index (χ2v) is 3.93. The predicted molar refractivity (Wildman–Crippen MR) is 46.5 cm³/mol. The monoisotopic (exact) mass is 171 g/mol. The van der Waals surface area contributed by atoms with Gasteiger partial charge in [0, 0.05) is 6.04 Å². The fourth-order valence-corrected chi connectivity index (χ4v) is 1.42. The second-order valence-electron chi connectivity index (χ2n) is 3.93. The van der Waals surface area contributed by atoms with Crippen molar-refractivity contribution < 1.29 is 9.53 Å². The molecular weight excluding hydrogens is 154 g/mol. The van der Waals surface area contributed by atoms with Crippen molar-refractivity contribution in [3.8, 4) is 0 Å². The Morgan fingerprint density at radius 3 is 2.50 bits per heavy atom. The van der Waals surface area contributed by atoms with Gasteiger partial charge >= 0.3 is 5.97 Å². The van der Waals surface area contributed by atoms with E-state index in [2.05, 4.69) is 0 Å². The van der Waals surface area contributed by atoms with Gasteiger partial charge in [0.25, 0.3) is 0 Å². The summed E-state index contributed by atoms with van der Waals surface area (Å²) >= 11 is 0. The minimum absolute atomic E-state index is 0.0149. The highest BCUT2D eigenvalue weighted by atomic mass is 16.6. The Bertz CT molecular complexity index is 179. The Balaban J connectivity index is 2.51. The van der Waals surface area contributed by atoms with Crippen LogP contribution >= 0.6 is 0 Å². The number of carbonyl (C=O) groups is 1. The normalized spacial score (nSPS) is 32.2. The van der Waals surface area contributed by atoms with Crippen LogP contribution in [0, 0.1) is 11.8 Å². The number of carbonyl (C=O) groups excluding carboxylic acids is 1. The SMILES string of the molecule is CC(C)[C@H](N)[C@@H]1C[C@H](C)C(=O)O1. The smallest absolute Gasteiger partial charge is 0.309 e.